The summed E-state index contributed by atoms with van der Waals surface area (Å²) in [5, 5.41) is 33.5. The second-order valence-electron chi connectivity index (χ2n) is 14.9. The molecule has 40 heavy (non-hydrogen) atoms. The van der Waals surface area contributed by atoms with Gasteiger partial charge in [-0.25, -0.2) is 4.79 Å². The van der Waals surface area contributed by atoms with Crippen molar-refractivity contribution < 1.29 is 34.4 Å². The first-order valence-corrected chi connectivity index (χ1v) is 16.3. The zero-order chi connectivity index (χ0) is 28.9. The molecule has 0 amide bonds. The Bertz CT molecular complexity index is 930. The van der Waals surface area contributed by atoms with Crippen LogP contribution in [-0.4, -0.2) is 57.8 Å². The van der Waals surface area contributed by atoms with Gasteiger partial charge in [-0.15, -0.1) is 0 Å². The van der Waals surface area contributed by atoms with E-state index in [9.17, 15) is 24.9 Å². The molecule has 11 atom stereocenters. The molecular formula is C33H54O7. The summed E-state index contributed by atoms with van der Waals surface area (Å²) in [6.45, 7) is 8.49. The van der Waals surface area contributed by atoms with Crippen LogP contribution in [0.1, 0.15) is 118 Å². The molecule has 0 aromatic rings. The quantitative estimate of drug-likeness (QED) is 0.350. The fraction of sp³-hybridized carbons (Fsp3) is 0.939. The summed E-state index contributed by atoms with van der Waals surface area (Å²) in [5.41, 5.74) is -0.605. The van der Waals surface area contributed by atoms with Gasteiger partial charge in [0.15, 0.2) is 6.61 Å². The van der Waals surface area contributed by atoms with E-state index in [2.05, 4.69) is 20.8 Å². The highest BCUT2D eigenvalue weighted by Crippen LogP contribution is 2.68. The van der Waals surface area contributed by atoms with E-state index in [1.807, 2.05) is 6.92 Å². The number of carbonyl (C=O) groups excluding carboxylic acids is 2. The highest BCUT2D eigenvalue weighted by Gasteiger charge is 2.65. The topological polar surface area (TPSA) is 113 Å². The Morgan fingerprint density at radius 1 is 0.925 bits per heavy atom. The molecule has 3 N–H and O–H groups in total. The smallest absolute Gasteiger partial charge is 0.344 e. The molecule has 0 spiro atoms. The van der Waals surface area contributed by atoms with E-state index in [4.69, 9.17) is 9.47 Å². The Labute approximate surface area is 240 Å². The van der Waals surface area contributed by atoms with Crippen LogP contribution in [-0.2, 0) is 19.1 Å². The van der Waals surface area contributed by atoms with E-state index in [-0.39, 0.29) is 77.2 Å². The molecule has 5 fully saturated rings. The van der Waals surface area contributed by atoms with Gasteiger partial charge in [0.1, 0.15) is 5.60 Å². The van der Waals surface area contributed by atoms with Crippen LogP contribution in [0.3, 0.4) is 0 Å². The second-order valence-corrected chi connectivity index (χ2v) is 14.9. The Morgan fingerprint density at radius 2 is 1.65 bits per heavy atom. The molecule has 5 aliphatic rings. The van der Waals surface area contributed by atoms with E-state index < -0.39 is 12.1 Å². The molecule has 0 aromatic heterocycles. The molecule has 0 saturated heterocycles. The standard InChI is InChI=1S/C33H54O7/c1-5-33(13-6-7-14-33)40-29(38)19-39-28(37)11-8-20(2)23-9-10-24-30-25(18-27(36)32(23,24)4)31(3)15-12-22(34)16-21(31)17-26(30)35/h20-27,30,34-36H,5-19H2,1-4H3. The number of ether oxygens (including phenoxy) is 2. The van der Waals surface area contributed by atoms with Crippen molar-refractivity contribution in [2.45, 2.75) is 141 Å². The van der Waals surface area contributed by atoms with Crippen LogP contribution >= 0.6 is 0 Å². The number of esters is 2. The Morgan fingerprint density at radius 3 is 2.35 bits per heavy atom. The van der Waals surface area contributed by atoms with Gasteiger partial charge in [0.05, 0.1) is 18.3 Å². The van der Waals surface area contributed by atoms with Crippen LogP contribution in [0, 0.1) is 46.3 Å². The lowest BCUT2D eigenvalue weighted by molar-refractivity contribution is -0.207. The first kappa shape index (κ1) is 30.3. The van der Waals surface area contributed by atoms with Crippen molar-refractivity contribution in [3.8, 4) is 0 Å². The van der Waals surface area contributed by atoms with E-state index >= 15 is 0 Å². The third-order valence-corrected chi connectivity index (χ3v) is 13.2. The number of rotatable bonds is 8. The number of carbonyl (C=O) groups is 2. The third kappa shape index (κ3) is 5.25. The molecule has 0 heterocycles. The van der Waals surface area contributed by atoms with Crippen molar-refractivity contribution in [2.75, 3.05) is 6.61 Å². The van der Waals surface area contributed by atoms with E-state index in [1.165, 1.54) is 0 Å². The summed E-state index contributed by atoms with van der Waals surface area (Å²) in [5.74, 6) is 0.702. The van der Waals surface area contributed by atoms with Crippen LogP contribution in [0.15, 0.2) is 0 Å². The Hall–Kier alpha value is -1.18. The molecule has 5 rings (SSSR count). The van der Waals surface area contributed by atoms with Crippen LogP contribution < -0.4 is 0 Å². The fourth-order valence-corrected chi connectivity index (χ4v) is 10.7. The molecule has 228 valence electrons. The van der Waals surface area contributed by atoms with Gasteiger partial charge in [0.2, 0.25) is 0 Å². The number of aliphatic hydroxyl groups excluding tert-OH is 3. The number of aliphatic hydroxyl groups is 3. The van der Waals surface area contributed by atoms with Crippen molar-refractivity contribution in [1.82, 2.24) is 0 Å². The Kier molecular flexibility index (Phi) is 8.69. The van der Waals surface area contributed by atoms with Gasteiger partial charge in [0.25, 0.3) is 0 Å². The van der Waals surface area contributed by atoms with Gasteiger partial charge in [-0.1, -0.05) is 27.7 Å². The molecule has 11 unspecified atom stereocenters. The summed E-state index contributed by atoms with van der Waals surface area (Å²) in [6, 6.07) is 0. The molecule has 0 bridgehead atoms. The molecule has 5 saturated carbocycles. The van der Waals surface area contributed by atoms with Crippen molar-refractivity contribution in [2.24, 2.45) is 46.3 Å². The zero-order valence-electron chi connectivity index (χ0n) is 25.3. The van der Waals surface area contributed by atoms with Gasteiger partial charge < -0.3 is 24.8 Å². The zero-order valence-corrected chi connectivity index (χ0v) is 25.3. The van der Waals surface area contributed by atoms with E-state index in [0.29, 0.717) is 18.8 Å². The summed E-state index contributed by atoms with van der Waals surface area (Å²) in [4.78, 5) is 24.9. The number of hydrogen-bond donors (Lipinski definition) is 3. The number of hydrogen-bond acceptors (Lipinski definition) is 7. The van der Waals surface area contributed by atoms with Crippen LogP contribution in [0.2, 0.25) is 0 Å². The Balaban J connectivity index is 1.17. The monoisotopic (exact) mass is 562 g/mol. The maximum atomic E-state index is 12.6. The minimum absolute atomic E-state index is 0.0641. The molecule has 0 aliphatic heterocycles. The summed E-state index contributed by atoms with van der Waals surface area (Å²) < 4.78 is 11.0. The van der Waals surface area contributed by atoms with Gasteiger partial charge >= 0.3 is 11.9 Å². The highest BCUT2D eigenvalue weighted by atomic mass is 16.6. The summed E-state index contributed by atoms with van der Waals surface area (Å²) in [6.07, 6.45) is 10.5. The second kappa shape index (κ2) is 11.5. The first-order valence-electron chi connectivity index (χ1n) is 16.3. The molecular weight excluding hydrogens is 508 g/mol. The predicted molar refractivity (Wildman–Crippen MR) is 151 cm³/mol. The lowest BCUT2D eigenvalue weighted by Gasteiger charge is -2.63. The highest BCUT2D eigenvalue weighted by molar-refractivity contribution is 5.76. The van der Waals surface area contributed by atoms with E-state index in [0.717, 1.165) is 70.6 Å². The largest absolute Gasteiger partial charge is 0.457 e. The van der Waals surface area contributed by atoms with Crippen LogP contribution in [0.25, 0.3) is 0 Å². The molecule has 0 radical (unpaired) electrons. The van der Waals surface area contributed by atoms with Gasteiger partial charge in [-0.05, 0) is 130 Å². The van der Waals surface area contributed by atoms with Crippen molar-refractivity contribution >= 4 is 11.9 Å². The maximum absolute atomic E-state index is 12.6. The first-order chi connectivity index (χ1) is 18.9. The maximum Gasteiger partial charge on any atom is 0.344 e. The van der Waals surface area contributed by atoms with Crippen LogP contribution in [0.4, 0.5) is 0 Å². The minimum Gasteiger partial charge on any atom is -0.457 e. The minimum atomic E-state index is -0.453. The predicted octanol–water partition coefficient (Wildman–Crippen LogP) is 5.17. The van der Waals surface area contributed by atoms with Crippen molar-refractivity contribution in [1.29, 1.82) is 0 Å². The van der Waals surface area contributed by atoms with Crippen molar-refractivity contribution in [3.05, 3.63) is 0 Å². The SMILES string of the molecule is CCC1(OC(=O)COC(=O)CCC(C)C2CCC3C4C(O)CC5CC(O)CCC5(C)C4CC(O)C23C)CCCC1. The molecule has 7 heteroatoms. The van der Waals surface area contributed by atoms with Gasteiger partial charge in [-0.3, -0.25) is 4.79 Å². The van der Waals surface area contributed by atoms with E-state index in [1.54, 1.807) is 0 Å². The molecule has 7 nitrogen and oxygen atoms in total. The van der Waals surface area contributed by atoms with Gasteiger partial charge in [-0.2, -0.15) is 0 Å². The molecule has 0 aromatic carbocycles. The average Bonchev–Trinajstić information content (AvgIpc) is 3.53. The average molecular weight is 563 g/mol. The summed E-state index contributed by atoms with van der Waals surface area (Å²) in [7, 11) is 0. The summed E-state index contributed by atoms with van der Waals surface area (Å²) >= 11 is 0. The lowest BCUT2D eigenvalue weighted by atomic mass is 9.43. The molecule has 5 aliphatic carbocycles. The normalized spacial score (nSPS) is 44.7. The lowest BCUT2D eigenvalue weighted by Crippen LogP contribution is -2.62. The fourth-order valence-electron chi connectivity index (χ4n) is 10.7. The van der Waals surface area contributed by atoms with Gasteiger partial charge in [0, 0.05) is 6.42 Å². The third-order valence-electron chi connectivity index (χ3n) is 13.2. The van der Waals surface area contributed by atoms with Crippen molar-refractivity contribution in [3.63, 3.8) is 0 Å². The number of fused-ring (bicyclic) bond motifs is 5. The van der Waals surface area contributed by atoms with Crippen LogP contribution in [0.5, 0.6) is 0 Å².